The second-order valence-electron chi connectivity index (χ2n) is 5.56. The number of rotatable bonds is 5. The van der Waals surface area contributed by atoms with E-state index in [1.54, 1.807) is 7.11 Å². The van der Waals surface area contributed by atoms with Crippen LogP contribution in [0.25, 0.3) is 0 Å². The fourth-order valence-corrected chi connectivity index (χ4v) is 2.91. The van der Waals surface area contributed by atoms with Gasteiger partial charge in [0.15, 0.2) is 6.61 Å². The molecule has 23 heavy (non-hydrogen) atoms. The van der Waals surface area contributed by atoms with E-state index >= 15 is 0 Å². The molecule has 122 valence electrons. The van der Waals surface area contributed by atoms with Crippen LogP contribution in [0.5, 0.6) is 5.75 Å². The predicted octanol–water partition coefficient (Wildman–Crippen LogP) is 2.01. The molecule has 1 aromatic carbocycles. The summed E-state index contributed by atoms with van der Waals surface area (Å²) in [5.74, 6) is 1.58. The minimum atomic E-state index is -0.0683. The molecule has 2 heterocycles. The van der Waals surface area contributed by atoms with Gasteiger partial charge >= 0.3 is 0 Å². The number of carbonyl (C=O) groups excluding carboxylic acids is 1. The van der Waals surface area contributed by atoms with Gasteiger partial charge < -0.3 is 18.9 Å². The lowest BCUT2D eigenvalue weighted by Crippen LogP contribution is -2.43. The summed E-state index contributed by atoms with van der Waals surface area (Å²) < 4.78 is 12.9. The highest BCUT2D eigenvalue weighted by Crippen LogP contribution is 2.25. The number of methoxy groups -OCH3 is 1. The van der Waals surface area contributed by atoms with Crippen LogP contribution in [0.15, 0.2) is 36.5 Å². The van der Waals surface area contributed by atoms with Gasteiger partial charge in [-0.3, -0.25) is 4.79 Å². The highest BCUT2D eigenvalue weighted by Gasteiger charge is 2.30. The van der Waals surface area contributed by atoms with E-state index in [0.717, 1.165) is 18.1 Å². The summed E-state index contributed by atoms with van der Waals surface area (Å²) in [6, 6.07) is 9.31. The minimum absolute atomic E-state index is 0.0242. The van der Waals surface area contributed by atoms with Gasteiger partial charge in [0.2, 0.25) is 0 Å². The third-order valence-corrected chi connectivity index (χ3v) is 4.09. The molecule has 0 fully saturated rings. The van der Waals surface area contributed by atoms with Crippen LogP contribution in [0, 0.1) is 0 Å². The van der Waals surface area contributed by atoms with Gasteiger partial charge in [-0.1, -0.05) is 18.2 Å². The summed E-state index contributed by atoms with van der Waals surface area (Å²) in [7, 11) is 1.67. The highest BCUT2D eigenvalue weighted by molar-refractivity contribution is 5.78. The van der Waals surface area contributed by atoms with Gasteiger partial charge in [-0.2, -0.15) is 0 Å². The van der Waals surface area contributed by atoms with Gasteiger partial charge in [-0.15, -0.1) is 0 Å². The first-order valence-electron chi connectivity index (χ1n) is 7.71. The van der Waals surface area contributed by atoms with Gasteiger partial charge in [0.25, 0.3) is 5.91 Å². The molecule has 1 aliphatic heterocycles. The Morgan fingerprint density at radius 3 is 2.83 bits per heavy atom. The third-order valence-electron chi connectivity index (χ3n) is 4.09. The number of imidazole rings is 1. The molecule has 1 aliphatic rings. The molecule has 0 bridgehead atoms. The Bertz CT molecular complexity index is 669. The smallest absolute Gasteiger partial charge is 0.261 e. The third kappa shape index (κ3) is 3.22. The number of aromatic nitrogens is 2. The number of ether oxygens (including phenoxy) is 2. The second-order valence-corrected chi connectivity index (χ2v) is 5.56. The quantitative estimate of drug-likeness (QED) is 0.847. The van der Waals surface area contributed by atoms with Crippen LogP contribution in [-0.4, -0.2) is 40.6 Å². The number of hydrogen-bond acceptors (Lipinski definition) is 4. The Kier molecular flexibility index (Phi) is 4.62. The summed E-state index contributed by atoms with van der Waals surface area (Å²) in [5.41, 5.74) is 1.04. The number of para-hydroxylation sites is 1. The summed E-state index contributed by atoms with van der Waals surface area (Å²) in [4.78, 5) is 18.7. The van der Waals surface area contributed by atoms with Crippen molar-refractivity contribution in [2.75, 3.05) is 20.3 Å². The Hall–Kier alpha value is -2.34. The van der Waals surface area contributed by atoms with Crippen LogP contribution in [-0.2, 0) is 22.7 Å². The standard InChI is InChI=1S/C17H21N3O3/c1-13-17-18-10-14(11-22-2)20(17)9-8-19(13)16(21)12-23-15-6-4-3-5-7-15/h3-7,10,13H,8-9,11-12H2,1-2H3/t13-/m0/s1. The molecule has 0 unspecified atom stereocenters. The molecular weight excluding hydrogens is 294 g/mol. The maximum atomic E-state index is 12.5. The Balaban J connectivity index is 1.66. The zero-order valence-electron chi connectivity index (χ0n) is 13.4. The topological polar surface area (TPSA) is 56.6 Å². The van der Waals surface area contributed by atoms with E-state index in [9.17, 15) is 4.79 Å². The predicted molar refractivity (Wildman–Crippen MR) is 85.0 cm³/mol. The fourth-order valence-electron chi connectivity index (χ4n) is 2.91. The number of benzene rings is 1. The summed E-state index contributed by atoms with van der Waals surface area (Å²) in [6.45, 7) is 3.95. The first-order chi connectivity index (χ1) is 11.2. The van der Waals surface area contributed by atoms with Gasteiger partial charge in [0.1, 0.15) is 11.6 Å². The van der Waals surface area contributed by atoms with Crippen LogP contribution in [0.2, 0.25) is 0 Å². The van der Waals surface area contributed by atoms with Gasteiger partial charge in [0, 0.05) is 20.2 Å². The number of hydrogen-bond donors (Lipinski definition) is 0. The van der Waals surface area contributed by atoms with E-state index in [0.29, 0.717) is 18.9 Å². The molecular formula is C17H21N3O3. The van der Waals surface area contributed by atoms with Crippen molar-refractivity contribution in [2.45, 2.75) is 26.1 Å². The maximum Gasteiger partial charge on any atom is 0.261 e. The van der Waals surface area contributed by atoms with Crippen LogP contribution < -0.4 is 4.74 Å². The van der Waals surface area contributed by atoms with Crippen molar-refractivity contribution >= 4 is 5.91 Å². The molecule has 0 spiro atoms. The SMILES string of the molecule is COCc1cnc2n1CCN(C(=O)COc1ccccc1)[C@H]2C. The summed E-state index contributed by atoms with van der Waals surface area (Å²) in [5, 5.41) is 0. The van der Waals surface area contributed by atoms with E-state index in [1.165, 1.54) is 0 Å². The van der Waals surface area contributed by atoms with Crippen LogP contribution in [0.1, 0.15) is 24.5 Å². The lowest BCUT2D eigenvalue weighted by molar-refractivity contribution is -0.136. The first-order valence-corrected chi connectivity index (χ1v) is 7.71. The average molecular weight is 315 g/mol. The number of fused-ring (bicyclic) bond motifs is 1. The Labute approximate surface area is 135 Å². The first kappa shape index (κ1) is 15.6. The number of carbonyl (C=O) groups is 1. The van der Waals surface area contributed by atoms with Crippen LogP contribution in [0.3, 0.4) is 0 Å². The molecule has 1 atom stereocenters. The molecule has 0 radical (unpaired) electrons. The van der Waals surface area contributed by atoms with Crippen molar-refractivity contribution in [2.24, 2.45) is 0 Å². The van der Waals surface area contributed by atoms with Gasteiger partial charge in [0.05, 0.1) is 24.5 Å². The van der Waals surface area contributed by atoms with Crippen LogP contribution >= 0.6 is 0 Å². The van der Waals surface area contributed by atoms with Crippen molar-refractivity contribution < 1.29 is 14.3 Å². The van der Waals surface area contributed by atoms with Gasteiger partial charge in [-0.25, -0.2) is 4.98 Å². The second kappa shape index (κ2) is 6.83. The van der Waals surface area contributed by atoms with E-state index in [-0.39, 0.29) is 18.6 Å². The summed E-state index contributed by atoms with van der Waals surface area (Å²) >= 11 is 0. The zero-order valence-corrected chi connectivity index (χ0v) is 13.4. The van der Waals surface area contributed by atoms with Crippen LogP contribution in [0.4, 0.5) is 0 Å². The van der Waals surface area contributed by atoms with E-state index in [4.69, 9.17) is 9.47 Å². The average Bonchev–Trinajstić information content (AvgIpc) is 2.98. The molecule has 0 aliphatic carbocycles. The normalized spacial score (nSPS) is 17.0. The largest absolute Gasteiger partial charge is 0.484 e. The summed E-state index contributed by atoms with van der Waals surface area (Å²) in [6.07, 6.45) is 1.82. The van der Waals surface area contributed by atoms with E-state index in [2.05, 4.69) is 9.55 Å². The molecule has 0 N–H and O–H groups in total. The van der Waals surface area contributed by atoms with Crippen molar-refractivity contribution in [3.05, 3.63) is 48.0 Å². The Morgan fingerprint density at radius 2 is 2.09 bits per heavy atom. The lowest BCUT2D eigenvalue weighted by atomic mass is 10.2. The molecule has 6 heteroatoms. The highest BCUT2D eigenvalue weighted by atomic mass is 16.5. The fraction of sp³-hybridized carbons (Fsp3) is 0.412. The lowest BCUT2D eigenvalue weighted by Gasteiger charge is -2.34. The minimum Gasteiger partial charge on any atom is -0.484 e. The van der Waals surface area contributed by atoms with Crippen molar-refractivity contribution in [1.29, 1.82) is 0 Å². The van der Waals surface area contributed by atoms with Crippen molar-refractivity contribution in [1.82, 2.24) is 14.5 Å². The molecule has 0 saturated heterocycles. The molecule has 0 saturated carbocycles. The Morgan fingerprint density at radius 1 is 1.30 bits per heavy atom. The molecule has 6 nitrogen and oxygen atoms in total. The zero-order chi connectivity index (χ0) is 16.2. The van der Waals surface area contributed by atoms with Gasteiger partial charge in [-0.05, 0) is 19.1 Å². The van der Waals surface area contributed by atoms with Crippen molar-refractivity contribution in [3.8, 4) is 5.75 Å². The molecule has 1 aromatic heterocycles. The molecule has 2 aromatic rings. The maximum absolute atomic E-state index is 12.5. The number of nitrogens with zero attached hydrogens (tertiary/aromatic N) is 3. The number of amides is 1. The van der Waals surface area contributed by atoms with E-state index < -0.39 is 0 Å². The molecule has 1 amide bonds. The van der Waals surface area contributed by atoms with E-state index in [1.807, 2.05) is 48.4 Å². The van der Waals surface area contributed by atoms with Crippen molar-refractivity contribution in [3.63, 3.8) is 0 Å². The molecule has 3 rings (SSSR count). The monoisotopic (exact) mass is 315 g/mol.